The highest BCUT2D eigenvalue weighted by Crippen LogP contribution is 2.43. The number of nitro groups is 1. The van der Waals surface area contributed by atoms with Crippen molar-refractivity contribution in [1.29, 1.82) is 0 Å². The molecule has 178 valence electrons. The Kier molecular flexibility index (Phi) is 7.99. The van der Waals surface area contributed by atoms with Crippen LogP contribution in [0.1, 0.15) is 24.2 Å². The van der Waals surface area contributed by atoms with E-state index in [4.69, 9.17) is 11.6 Å². The standard InChI is InChI=1S/C20H19ClF3N3O5S/c1-4-26(3)17(28)11-5-7-12(8-6-11)33-14-10-9-13(15(21)16(14)27(31)32)25-18(29)19(2,30)20(22,23)24/h5-10,30H,4H2,1-3H3,(H,25,29)/t19-/m1/s1. The number of nitro benzene ring substituents is 1. The molecule has 2 aromatic rings. The Morgan fingerprint density at radius 1 is 1.21 bits per heavy atom. The van der Waals surface area contributed by atoms with Crippen LogP contribution in [0.3, 0.4) is 0 Å². The monoisotopic (exact) mass is 505 g/mol. The van der Waals surface area contributed by atoms with Crippen molar-refractivity contribution in [3.05, 3.63) is 57.1 Å². The highest BCUT2D eigenvalue weighted by atomic mass is 35.5. The highest BCUT2D eigenvalue weighted by molar-refractivity contribution is 7.99. The molecule has 0 unspecified atom stereocenters. The Morgan fingerprint density at radius 3 is 2.27 bits per heavy atom. The summed E-state index contributed by atoms with van der Waals surface area (Å²) in [6, 6.07) is 8.56. The maximum atomic E-state index is 12.9. The first-order chi connectivity index (χ1) is 15.2. The number of carbonyl (C=O) groups excluding carboxylic acids is 2. The van der Waals surface area contributed by atoms with E-state index in [9.17, 15) is 38.0 Å². The van der Waals surface area contributed by atoms with E-state index in [1.807, 2.05) is 6.92 Å². The van der Waals surface area contributed by atoms with E-state index >= 15 is 0 Å². The lowest BCUT2D eigenvalue weighted by molar-refractivity contribution is -0.387. The molecule has 2 N–H and O–H groups in total. The number of nitrogens with zero attached hydrogens (tertiary/aromatic N) is 2. The molecule has 2 rings (SSSR count). The number of amides is 2. The van der Waals surface area contributed by atoms with Gasteiger partial charge in [0, 0.05) is 24.1 Å². The van der Waals surface area contributed by atoms with Gasteiger partial charge in [-0.1, -0.05) is 23.4 Å². The molecule has 2 aromatic carbocycles. The summed E-state index contributed by atoms with van der Waals surface area (Å²) in [5, 5.41) is 22.2. The third-order valence-electron chi connectivity index (χ3n) is 4.65. The smallest absolute Gasteiger partial charge is 0.373 e. The molecule has 0 fully saturated rings. The molecule has 0 aromatic heterocycles. The number of anilines is 1. The first-order valence-electron chi connectivity index (χ1n) is 9.31. The van der Waals surface area contributed by atoms with E-state index in [2.05, 4.69) is 0 Å². The largest absolute Gasteiger partial charge is 0.426 e. The van der Waals surface area contributed by atoms with Crippen molar-refractivity contribution < 1.29 is 32.8 Å². The normalized spacial score (nSPS) is 13.2. The number of nitrogens with one attached hydrogen (secondary N) is 1. The van der Waals surface area contributed by atoms with Crippen LogP contribution in [0.2, 0.25) is 5.02 Å². The summed E-state index contributed by atoms with van der Waals surface area (Å²) in [5.74, 6) is -2.04. The zero-order valence-corrected chi connectivity index (χ0v) is 19.1. The number of halogens is 4. The average molecular weight is 506 g/mol. The summed E-state index contributed by atoms with van der Waals surface area (Å²) in [4.78, 5) is 36.9. The molecule has 0 saturated heterocycles. The summed E-state index contributed by atoms with van der Waals surface area (Å²) in [5.41, 5.74) is -4.42. The second-order valence-corrected chi connectivity index (χ2v) is 8.49. The van der Waals surface area contributed by atoms with Gasteiger partial charge in [0.1, 0.15) is 5.02 Å². The van der Waals surface area contributed by atoms with Gasteiger partial charge in [0.2, 0.25) is 5.60 Å². The number of benzene rings is 2. The lowest BCUT2D eigenvalue weighted by Crippen LogP contribution is -2.52. The molecule has 0 heterocycles. The van der Waals surface area contributed by atoms with Crippen LogP contribution in [0.25, 0.3) is 0 Å². The zero-order chi connectivity index (χ0) is 25.1. The van der Waals surface area contributed by atoms with Gasteiger partial charge >= 0.3 is 11.9 Å². The second-order valence-electron chi connectivity index (χ2n) is 7.00. The van der Waals surface area contributed by atoms with E-state index in [-0.39, 0.29) is 17.7 Å². The predicted octanol–water partition coefficient (Wildman–Crippen LogP) is 4.74. The number of hydrogen-bond donors (Lipinski definition) is 2. The summed E-state index contributed by atoms with van der Waals surface area (Å²) in [6.07, 6.45) is -5.27. The molecule has 0 bridgehead atoms. The van der Waals surface area contributed by atoms with Gasteiger partial charge in [-0.3, -0.25) is 19.7 Å². The second kappa shape index (κ2) is 9.98. The van der Waals surface area contributed by atoms with Gasteiger partial charge in [0.15, 0.2) is 0 Å². The minimum atomic E-state index is -5.27. The fourth-order valence-electron chi connectivity index (χ4n) is 2.43. The van der Waals surface area contributed by atoms with Gasteiger partial charge in [0.05, 0.1) is 15.5 Å². The first-order valence-corrected chi connectivity index (χ1v) is 10.5. The van der Waals surface area contributed by atoms with Crippen LogP contribution in [0.4, 0.5) is 24.5 Å². The van der Waals surface area contributed by atoms with E-state index < -0.39 is 39.0 Å². The topological polar surface area (TPSA) is 113 Å². The van der Waals surface area contributed by atoms with Gasteiger partial charge in [-0.25, -0.2) is 0 Å². The third kappa shape index (κ3) is 5.75. The fourth-order valence-corrected chi connectivity index (χ4v) is 3.70. The van der Waals surface area contributed by atoms with Gasteiger partial charge in [-0.05, 0) is 50.2 Å². The zero-order valence-electron chi connectivity index (χ0n) is 17.6. The van der Waals surface area contributed by atoms with Gasteiger partial charge < -0.3 is 15.3 Å². The SMILES string of the molecule is CCN(C)C(=O)c1ccc(Sc2ccc(NC(=O)[C@@](C)(O)C(F)(F)F)c(Cl)c2[N+](=O)[O-])cc1. The van der Waals surface area contributed by atoms with Gasteiger partial charge in [0.25, 0.3) is 11.8 Å². The molecule has 13 heteroatoms. The summed E-state index contributed by atoms with van der Waals surface area (Å²) >= 11 is 6.95. The van der Waals surface area contributed by atoms with Crippen LogP contribution in [-0.4, -0.2) is 52.1 Å². The number of hydrogen-bond acceptors (Lipinski definition) is 6. The van der Waals surface area contributed by atoms with Gasteiger partial charge in [-0.2, -0.15) is 13.2 Å². The van der Waals surface area contributed by atoms with Crippen molar-refractivity contribution in [3.63, 3.8) is 0 Å². The predicted molar refractivity (Wildman–Crippen MR) is 117 cm³/mol. The van der Waals surface area contributed by atoms with Crippen LogP contribution in [0, 0.1) is 10.1 Å². The average Bonchev–Trinajstić information content (AvgIpc) is 2.73. The van der Waals surface area contributed by atoms with Gasteiger partial charge in [-0.15, -0.1) is 0 Å². The van der Waals surface area contributed by atoms with Crippen molar-refractivity contribution in [2.75, 3.05) is 18.9 Å². The summed E-state index contributed by atoms with van der Waals surface area (Å²) in [6.45, 7) is 2.59. The molecule has 33 heavy (non-hydrogen) atoms. The molecule has 0 saturated carbocycles. The van der Waals surface area contributed by atoms with Crippen LogP contribution in [0.5, 0.6) is 0 Å². The van der Waals surface area contributed by atoms with Crippen molar-refractivity contribution in [2.45, 2.75) is 35.4 Å². The fraction of sp³-hybridized carbons (Fsp3) is 0.300. The molecule has 8 nitrogen and oxygen atoms in total. The first kappa shape index (κ1) is 26.4. The summed E-state index contributed by atoms with van der Waals surface area (Å²) in [7, 11) is 1.64. The van der Waals surface area contributed by atoms with E-state index in [1.54, 1.807) is 36.6 Å². The Labute approximate surface area is 195 Å². The van der Waals surface area contributed by atoms with Crippen LogP contribution < -0.4 is 5.32 Å². The lowest BCUT2D eigenvalue weighted by Gasteiger charge is -2.25. The molecule has 0 aliphatic rings. The summed E-state index contributed by atoms with van der Waals surface area (Å²) < 4.78 is 38.6. The molecular formula is C20H19ClF3N3O5S. The van der Waals surface area contributed by atoms with Crippen LogP contribution in [-0.2, 0) is 4.79 Å². The Morgan fingerprint density at radius 2 is 1.79 bits per heavy atom. The highest BCUT2D eigenvalue weighted by Gasteiger charge is 2.56. The number of carbonyl (C=O) groups is 2. The van der Waals surface area contributed by atoms with E-state index in [0.29, 0.717) is 17.0 Å². The third-order valence-corrected chi connectivity index (χ3v) is 6.09. The maximum Gasteiger partial charge on any atom is 0.426 e. The molecule has 0 aliphatic carbocycles. The molecule has 0 aliphatic heterocycles. The molecule has 0 spiro atoms. The van der Waals surface area contributed by atoms with Crippen molar-refractivity contribution in [2.24, 2.45) is 0 Å². The Bertz CT molecular complexity index is 1080. The van der Waals surface area contributed by atoms with Crippen LogP contribution >= 0.6 is 23.4 Å². The van der Waals surface area contributed by atoms with E-state index in [1.165, 1.54) is 11.0 Å². The lowest BCUT2D eigenvalue weighted by atomic mass is 10.1. The van der Waals surface area contributed by atoms with Crippen molar-refractivity contribution in [1.82, 2.24) is 4.90 Å². The Balaban J connectivity index is 2.33. The number of rotatable bonds is 7. The van der Waals surface area contributed by atoms with Crippen molar-refractivity contribution >= 4 is 46.6 Å². The Hall–Kier alpha value is -2.83. The minimum absolute atomic E-state index is 0.0512. The number of alkyl halides is 3. The molecular weight excluding hydrogens is 487 g/mol. The molecule has 0 radical (unpaired) electrons. The van der Waals surface area contributed by atoms with Crippen LogP contribution in [0.15, 0.2) is 46.2 Å². The molecule has 1 atom stereocenters. The molecule has 2 amide bonds. The minimum Gasteiger partial charge on any atom is -0.373 e. The quantitative estimate of drug-likeness (QED) is 0.415. The van der Waals surface area contributed by atoms with E-state index in [0.717, 1.165) is 17.8 Å². The number of aliphatic hydroxyl groups is 1. The maximum absolute atomic E-state index is 12.9. The van der Waals surface area contributed by atoms with Crippen molar-refractivity contribution in [3.8, 4) is 0 Å².